The van der Waals surface area contributed by atoms with Gasteiger partial charge in [0.2, 0.25) is 0 Å². The predicted octanol–water partition coefficient (Wildman–Crippen LogP) is 2.79. The van der Waals surface area contributed by atoms with Crippen molar-refractivity contribution in [2.45, 2.75) is 20.4 Å². The maximum absolute atomic E-state index is 12.9. The second-order valence-electron chi connectivity index (χ2n) is 4.20. The highest BCUT2D eigenvalue weighted by Crippen LogP contribution is 2.15. The van der Waals surface area contributed by atoms with Crippen molar-refractivity contribution >= 4 is 5.69 Å². The molecular weight excluding hydrogens is 217 g/mol. The molecule has 2 heterocycles. The van der Waals surface area contributed by atoms with Gasteiger partial charge in [0.1, 0.15) is 5.82 Å². The molecule has 0 unspecified atom stereocenters. The van der Waals surface area contributed by atoms with Crippen molar-refractivity contribution in [2.75, 3.05) is 5.32 Å². The molecule has 0 aromatic carbocycles. The van der Waals surface area contributed by atoms with E-state index in [0.29, 0.717) is 12.2 Å². The van der Waals surface area contributed by atoms with Crippen LogP contribution < -0.4 is 5.32 Å². The summed E-state index contributed by atoms with van der Waals surface area (Å²) in [5.74, 6) is -0.323. The maximum atomic E-state index is 12.9. The summed E-state index contributed by atoms with van der Waals surface area (Å²) in [5.41, 5.74) is 4.36. The third-order valence-corrected chi connectivity index (χ3v) is 3.07. The van der Waals surface area contributed by atoms with Crippen LogP contribution in [0.3, 0.4) is 0 Å². The van der Waals surface area contributed by atoms with Crippen molar-refractivity contribution in [1.82, 2.24) is 9.55 Å². The number of aromatic nitrogens is 2. The quantitative estimate of drug-likeness (QED) is 0.883. The fourth-order valence-corrected chi connectivity index (χ4v) is 1.82. The van der Waals surface area contributed by atoms with Crippen LogP contribution in [0, 0.1) is 19.7 Å². The van der Waals surface area contributed by atoms with E-state index >= 15 is 0 Å². The topological polar surface area (TPSA) is 29.9 Å². The lowest BCUT2D eigenvalue weighted by Crippen LogP contribution is -2.02. The molecule has 0 spiro atoms. The average Bonchev–Trinajstić information content (AvgIpc) is 2.54. The first-order valence-corrected chi connectivity index (χ1v) is 5.54. The summed E-state index contributed by atoms with van der Waals surface area (Å²) in [5, 5.41) is 3.17. The van der Waals surface area contributed by atoms with Crippen LogP contribution in [0.1, 0.15) is 17.0 Å². The van der Waals surface area contributed by atoms with Crippen LogP contribution in [0.5, 0.6) is 0 Å². The smallest absolute Gasteiger partial charge is 0.143 e. The van der Waals surface area contributed by atoms with Gasteiger partial charge in [0, 0.05) is 31.0 Å². The molecular formula is C13H16FN3. The van der Waals surface area contributed by atoms with Crippen molar-refractivity contribution in [1.29, 1.82) is 0 Å². The van der Waals surface area contributed by atoms with Crippen LogP contribution in [0.4, 0.5) is 10.1 Å². The first-order chi connectivity index (χ1) is 8.08. The van der Waals surface area contributed by atoms with Gasteiger partial charge in [-0.25, -0.2) is 4.39 Å². The Kier molecular flexibility index (Phi) is 3.13. The lowest BCUT2D eigenvalue weighted by atomic mass is 10.2. The highest BCUT2D eigenvalue weighted by molar-refractivity contribution is 5.42. The molecule has 4 heteroatoms. The second kappa shape index (κ2) is 4.57. The SMILES string of the molecule is Cc1cc(CNc2cncc(F)c2)c(C)n1C. The van der Waals surface area contributed by atoms with Gasteiger partial charge < -0.3 is 9.88 Å². The normalized spacial score (nSPS) is 10.6. The summed E-state index contributed by atoms with van der Waals surface area (Å²) < 4.78 is 15.1. The van der Waals surface area contributed by atoms with Gasteiger partial charge in [-0.3, -0.25) is 4.98 Å². The van der Waals surface area contributed by atoms with E-state index in [4.69, 9.17) is 0 Å². The molecule has 0 atom stereocenters. The Labute approximate surface area is 100 Å². The molecule has 0 aliphatic rings. The van der Waals surface area contributed by atoms with Crippen molar-refractivity contribution in [2.24, 2.45) is 7.05 Å². The zero-order valence-corrected chi connectivity index (χ0v) is 10.3. The van der Waals surface area contributed by atoms with Crippen molar-refractivity contribution in [3.8, 4) is 0 Å². The van der Waals surface area contributed by atoms with E-state index in [0.717, 1.165) is 0 Å². The minimum atomic E-state index is -0.323. The van der Waals surface area contributed by atoms with Crippen LogP contribution in [0.15, 0.2) is 24.5 Å². The summed E-state index contributed by atoms with van der Waals surface area (Å²) in [6.07, 6.45) is 2.82. The van der Waals surface area contributed by atoms with Gasteiger partial charge in [-0.15, -0.1) is 0 Å². The van der Waals surface area contributed by atoms with Gasteiger partial charge >= 0.3 is 0 Å². The number of halogens is 1. The molecule has 0 aliphatic heterocycles. The summed E-state index contributed by atoms with van der Waals surface area (Å²) in [6.45, 7) is 4.83. The number of anilines is 1. The Morgan fingerprint density at radius 1 is 1.29 bits per heavy atom. The van der Waals surface area contributed by atoms with Crippen LogP contribution in [0.2, 0.25) is 0 Å². The van der Waals surface area contributed by atoms with Crippen LogP contribution in [0.25, 0.3) is 0 Å². The summed E-state index contributed by atoms with van der Waals surface area (Å²) >= 11 is 0. The van der Waals surface area contributed by atoms with Crippen LogP contribution >= 0.6 is 0 Å². The molecule has 0 radical (unpaired) electrons. The number of hydrogen-bond donors (Lipinski definition) is 1. The average molecular weight is 233 g/mol. The van der Waals surface area contributed by atoms with Crippen LogP contribution in [-0.4, -0.2) is 9.55 Å². The number of aryl methyl sites for hydroxylation is 1. The van der Waals surface area contributed by atoms with E-state index in [1.165, 1.54) is 29.2 Å². The molecule has 2 aromatic rings. The summed E-state index contributed by atoms with van der Waals surface area (Å²) in [7, 11) is 2.04. The minimum Gasteiger partial charge on any atom is -0.380 e. The van der Waals surface area contributed by atoms with Gasteiger partial charge in [0.25, 0.3) is 0 Å². The number of nitrogens with one attached hydrogen (secondary N) is 1. The van der Waals surface area contributed by atoms with Gasteiger partial charge in [0.05, 0.1) is 18.1 Å². The number of nitrogens with zero attached hydrogens (tertiary/aromatic N) is 2. The Morgan fingerprint density at radius 2 is 2.06 bits per heavy atom. The van der Waals surface area contributed by atoms with Gasteiger partial charge in [-0.05, 0) is 25.5 Å². The third kappa shape index (κ3) is 2.46. The lowest BCUT2D eigenvalue weighted by Gasteiger charge is -2.06. The van der Waals surface area contributed by atoms with E-state index < -0.39 is 0 Å². The Hall–Kier alpha value is -1.84. The summed E-state index contributed by atoms with van der Waals surface area (Å²) in [4.78, 5) is 3.80. The lowest BCUT2D eigenvalue weighted by molar-refractivity contribution is 0.622. The standard InChI is InChI=1S/C13H16FN3/c1-9-4-11(10(2)17(9)3)6-16-13-5-12(14)7-15-8-13/h4-5,7-8,16H,6H2,1-3H3. The highest BCUT2D eigenvalue weighted by Gasteiger charge is 2.05. The number of hydrogen-bond acceptors (Lipinski definition) is 2. The Balaban J connectivity index is 2.10. The molecule has 17 heavy (non-hydrogen) atoms. The minimum absolute atomic E-state index is 0.323. The number of pyridine rings is 1. The summed E-state index contributed by atoms with van der Waals surface area (Å²) in [6, 6.07) is 3.58. The molecule has 0 saturated heterocycles. The highest BCUT2D eigenvalue weighted by atomic mass is 19.1. The zero-order valence-electron chi connectivity index (χ0n) is 10.3. The zero-order chi connectivity index (χ0) is 12.4. The molecule has 0 amide bonds. The van der Waals surface area contributed by atoms with E-state index in [9.17, 15) is 4.39 Å². The van der Waals surface area contributed by atoms with Crippen molar-refractivity contribution in [3.63, 3.8) is 0 Å². The molecule has 3 nitrogen and oxygen atoms in total. The molecule has 0 bridgehead atoms. The molecule has 0 fully saturated rings. The van der Waals surface area contributed by atoms with E-state index in [2.05, 4.69) is 34.8 Å². The second-order valence-corrected chi connectivity index (χ2v) is 4.20. The van der Waals surface area contributed by atoms with Gasteiger partial charge in [0.15, 0.2) is 0 Å². The molecule has 0 saturated carbocycles. The van der Waals surface area contributed by atoms with E-state index in [1.807, 2.05) is 7.05 Å². The first kappa shape index (κ1) is 11.6. The first-order valence-electron chi connectivity index (χ1n) is 5.54. The van der Waals surface area contributed by atoms with Gasteiger partial charge in [-0.1, -0.05) is 0 Å². The third-order valence-electron chi connectivity index (χ3n) is 3.07. The van der Waals surface area contributed by atoms with E-state index in [-0.39, 0.29) is 5.82 Å². The Bertz CT molecular complexity index is 531. The predicted molar refractivity (Wildman–Crippen MR) is 66.4 cm³/mol. The number of rotatable bonds is 3. The molecule has 2 aromatic heterocycles. The Morgan fingerprint density at radius 3 is 2.65 bits per heavy atom. The molecule has 1 N–H and O–H groups in total. The fourth-order valence-electron chi connectivity index (χ4n) is 1.82. The van der Waals surface area contributed by atoms with Gasteiger partial charge in [-0.2, -0.15) is 0 Å². The van der Waals surface area contributed by atoms with Crippen LogP contribution in [-0.2, 0) is 13.6 Å². The van der Waals surface area contributed by atoms with E-state index in [1.54, 1.807) is 6.20 Å². The van der Waals surface area contributed by atoms with Crippen molar-refractivity contribution in [3.05, 3.63) is 47.3 Å². The molecule has 2 rings (SSSR count). The maximum Gasteiger partial charge on any atom is 0.143 e. The van der Waals surface area contributed by atoms with Crippen molar-refractivity contribution < 1.29 is 4.39 Å². The monoisotopic (exact) mass is 233 g/mol. The molecule has 90 valence electrons. The largest absolute Gasteiger partial charge is 0.380 e. The fraction of sp³-hybridized carbons (Fsp3) is 0.308. The molecule has 0 aliphatic carbocycles.